The molecule has 0 bridgehead atoms. The zero-order chi connectivity index (χ0) is 15.2. The van der Waals surface area contributed by atoms with Gasteiger partial charge in [0, 0.05) is 25.4 Å². The molecule has 1 saturated heterocycles. The molecule has 1 aromatic heterocycles. The van der Waals surface area contributed by atoms with Crippen LogP contribution >= 0.6 is 0 Å². The van der Waals surface area contributed by atoms with E-state index in [2.05, 4.69) is 22.1 Å². The number of nitrogens with one attached hydrogen (secondary N) is 1. The van der Waals surface area contributed by atoms with Crippen molar-refractivity contribution < 1.29 is 4.92 Å². The third-order valence-corrected chi connectivity index (χ3v) is 3.91. The molecule has 0 saturated carbocycles. The molecule has 1 aromatic rings. The van der Waals surface area contributed by atoms with Gasteiger partial charge in [-0.1, -0.05) is 6.92 Å². The summed E-state index contributed by atoms with van der Waals surface area (Å²) in [5.74, 6) is 1.10. The third-order valence-electron chi connectivity index (χ3n) is 3.91. The first-order chi connectivity index (χ1) is 10.1. The van der Waals surface area contributed by atoms with Crippen LogP contribution in [0.1, 0.15) is 31.7 Å². The first-order valence-corrected chi connectivity index (χ1v) is 7.68. The first kappa shape index (κ1) is 15.7. The molecule has 116 valence electrons. The van der Waals surface area contributed by atoms with Gasteiger partial charge >= 0.3 is 5.69 Å². The van der Waals surface area contributed by atoms with Gasteiger partial charge in [0.05, 0.1) is 4.92 Å². The Morgan fingerprint density at radius 1 is 1.48 bits per heavy atom. The van der Waals surface area contributed by atoms with E-state index >= 15 is 0 Å². The summed E-state index contributed by atoms with van der Waals surface area (Å²) in [7, 11) is 0. The SMILES string of the molecule is CCCN(CC1CCNCC1)c1ncc(C)cc1[N+](=O)[O-]. The van der Waals surface area contributed by atoms with Gasteiger partial charge in [-0.25, -0.2) is 4.98 Å². The Hall–Kier alpha value is -1.69. The van der Waals surface area contributed by atoms with Crippen molar-refractivity contribution >= 4 is 11.5 Å². The normalized spacial score (nSPS) is 15.9. The van der Waals surface area contributed by atoms with Crippen LogP contribution in [0.25, 0.3) is 0 Å². The van der Waals surface area contributed by atoms with Gasteiger partial charge in [-0.3, -0.25) is 10.1 Å². The number of pyridine rings is 1. The maximum Gasteiger partial charge on any atom is 0.311 e. The maximum atomic E-state index is 11.3. The van der Waals surface area contributed by atoms with Crippen LogP contribution in [0.4, 0.5) is 11.5 Å². The molecular weight excluding hydrogens is 268 g/mol. The second-order valence-electron chi connectivity index (χ2n) is 5.75. The number of rotatable bonds is 6. The number of hydrogen-bond acceptors (Lipinski definition) is 5. The van der Waals surface area contributed by atoms with Crippen molar-refractivity contribution in [1.82, 2.24) is 10.3 Å². The topological polar surface area (TPSA) is 71.3 Å². The van der Waals surface area contributed by atoms with E-state index in [1.165, 1.54) is 0 Å². The number of hydrogen-bond donors (Lipinski definition) is 1. The van der Waals surface area contributed by atoms with Gasteiger partial charge in [0.2, 0.25) is 5.82 Å². The van der Waals surface area contributed by atoms with Gasteiger partial charge in [-0.05, 0) is 50.8 Å². The molecule has 0 unspecified atom stereocenters. The lowest BCUT2D eigenvalue weighted by Gasteiger charge is -2.30. The van der Waals surface area contributed by atoms with Crippen molar-refractivity contribution in [2.75, 3.05) is 31.1 Å². The Kier molecular flexibility index (Phi) is 5.50. The number of anilines is 1. The summed E-state index contributed by atoms with van der Waals surface area (Å²) in [5, 5.41) is 14.7. The van der Waals surface area contributed by atoms with E-state index in [-0.39, 0.29) is 10.6 Å². The highest BCUT2D eigenvalue weighted by molar-refractivity contribution is 5.58. The monoisotopic (exact) mass is 292 g/mol. The third kappa shape index (κ3) is 4.14. The Bertz CT molecular complexity index is 487. The molecule has 21 heavy (non-hydrogen) atoms. The standard InChI is InChI=1S/C15H24N4O2/c1-3-8-18(11-13-4-6-16-7-5-13)15-14(19(20)21)9-12(2)10-17-15/h9-10,13,16H,3-8,11H2,1-2H3. The van der Waals surface area contributed by atoms with Crippen LogP contribution < -0.4 is 10.2 Å². The minimum Gasteiger partial charge on any atom is -0.351 e. The second-order valence-corrected chi connectivity index (χ2v) is 5.75. The number of nitrogens with zero attached hydrogens (tertiary/aromatic N) is 3. The van der Waals surface area contributed by atoms with Crippen LogP contribution in [0.2, 0.25) is 0 Å². The minimum atomic E-state index is -0.319. The highest BCUT2D eigenvalue weighted by Crippen LogP contribution is 2.28. The summed E-state index contributed by atoms with van der Waals surface area (Å²) >= 11 is 0. The molecule has 1 aliphatic heterocycles. The Balaban J connectivity index is 2.22. The highest BCUT2D eigenvalue weighted by Gasteiger charge is 2.24. The van der Waals surface area contributed by atoms with Crippen LogP contribution in [0.5, 0.6) is 0 Å². The first-order valence-electron chi connectivity index (χ1n) is 7.68. The van der Waals surface area contributed by atoms with E-state index in [0.717, 1.165) is 51.0 Å². The summed E-state index contributed by atoms with van der Waals surface area (Å²) in [5.41, 5.74) is 0.946. The molecule has 0 radical (unpaired) electrons. The molecule has 0 atom stereocenters. The lowest BCUT2D eigenvalue weighted by atomic mass is 9.97. The Morgan fingerprint density at radius 3 is 2.81 bits per heavy atom. The lowest BCUT2D eigenvalue weighted by molar-refractivity contribution is -0.384. The van der Waals surface area contributed by atoms with Crippen molar-refractivity contribution in [2.24, 2.45) is 5.92 Å². The fourth-order valence-electron chi connectivity index (χ4n) is 2.85. The number of nitro groups is 1. The maximum absolute atomic E-state index is 11.3. The number of aromatic nitrogens is 1. The molecule has 1 N–H and O–H groups in total. The van der Waals surface area contributed by atoms with Gasteiger partial charge in [-0.2, -0.15) is 0 Å². The van der Waals surface area contributed by atoms with E-state index in [9.17, 15) is 10.1 Å². The molecule has 1 fully saturated rings. The number of aryl methyl sites for hydroxylation is 1. The molecule has 0 spiro atoms. The smallest absolute Gasteiger partial charge is 0.311 e. The molecular formula is C15H24N4O2. The largest absolute Gasteiger partial charge is 0.351 e. The zero-order valence-corrected chi connectivity index (χ0v) is 12.8. The molecule has 2 heterocycles. The Morgan fingerprint density at radius 2 is 2.19 bits per heavy atom. The summed E-state index contributed by atoms with van der Waals surface area (Å²) < 4.78 is 0. The fraction of sp³-hybridized carbons (Fsp3) is 0.667. The molecule has 6 nitrogen and oxygen atoms in total. The average molecular weight is 292 g/mol. The molecule has 0 amide bonds. The van der Waals surface area contributed by atoms with Gasteiger partial charge in [0.1, 0.15) is 0 Å². The summed E-state index contributed by atoms with van der Waals surface area (Å²) in [6.45, 7) is 7.66. The van der Waals surface area contributed by atoms with Crippen molar-refractivity contribution in [2.45, 2.75) is 33.1 Å². The van der Waals surface area contributed by atoms with Crippen LogP contribution in [0.3, 0.4) is 0 Å². The molecule has 2 rings (SSSR count). The van der Waals surface area contributed by atoms with Crippen LogP contribution in [-0.2, 0) is 0 Å². The van der Waals surface area contributed by atoms with E-state index in [0.29, 0.717) is 11.7 Å². The molecule has 6 heteroatoms. The predicted molar refractivity (Wildman–Crippen MR) is 83.7 cm³/mol. The predicted octanol–water partition coefficient (Wildman–Crippen LogP) is 2.51. The van der Waals surface area contributed by atoms with E-state index in [1.807, 2.05) is 6.92 Å². The van der Waals surface area contributed by atoms with E-state index in [1.54, 1.807) is 12.3 Å². The second kappa shape index (κ2) is 7.36. The van der Waals surface area contributed by atoms with Crippen LogP contribution in [0, 0.1) is 23.0 Å². The van der Waals surface area contributed by atoms with E-state index < -0.39 is 0 Å². The summed E-state index contributed by atoms with van der Waals surface area (Å²) in [4.78, 5) is 17.4. The molecule has 0 aliphatic carbocycles. The zero-order valence-electron chi connectivity index (χ0n) is 12.8. The fourth-order valence-corrected chi connectivity index (χ4v) is 2.85. The van der Waals surface area contributed by atoms with E-state index in [4.69, 9.17) is 0 Å². The van der Waals surface area contributed by atoms with Gasteiger partial charge < -0.3 is 10.2 Å². The highest BCUT2D eigenvalue weighted by atomic mass is 16.6. The van der Waals surface area contributed by atoms with Gasteiger partial charge in [-0.15, -0.1) is 0 Å². The van der Waals surface area contributed by atoms with Crippen LogP contribution in [-0.4, -0.2) is 36.1 Å². The minimum absolute atomic E-state index is 0.123. The Labute approximate surface area is 125 Å². The quantitative estimate of drug-likeness (QED) is 0.644. The lowest BCUT2D eigenvalue weighted by Crippen LogP contribution is -2.37. The van der Waals surface area contributed by atoms with Crippen molar-refractivity contribution in [3.8, 4) is 0 Å². The van der Waals surface area contributed by atoms with Crippen molar-refractivity contribution in [1.29, 1.82) is 0 Å². The average Bonchev–Trinajstić information content (AvgIpc) is 2.48. The van der Waals surface area contributed by atoms with Gasteiger partial charge in [0.25, 0.3) is 0 Å². The van der Waals surface area contributed by atoms with Crippen molar-refractivity contribution in [3.63, 3.8) is 0 Å². The summed E-state index contributed by atoms with van der Waals surface area (Å²) in [6, 6.07) is 1.62. The number of piperidine rings is 1. The van der Waals surface area contributed by atoms with Crippen molar-refractivity contribution in [3.05, 3.63) is 27.9 Å². The van der Waals surface area contributed by atoms with Crippen LogP contribution in [0.15, 0.2) is 12.3 Å². The molecule has 1 aliphatic rings. The summed E-state index contributed by atoms with van der Waals surface area (Å²) in [6.07, 6.45) is 4.92. The molecule has 0 aromatic carbocycles. The van der Waals surface area contributed by atoms with Gasteiger partial charge in [0.15, 0.2) is 0 Å².